The third kappa shape index (κ3) is 6.77. The summed E-state index contributed by atoms with van der Waals surface area (Å²) in [4.78, 5) is 2.30. The van der Waals surface area contributed by atoms with Crippen LogP contribution in [-0.4, -0.2) is 48.5 Å². The molecule has 0 aliphatic rings. The smallest absolute Gasteiger partial charge is 0.118 e. The zero-order valence-corrected chi connectivity index (χ0v) is 14.6. The SMILES string of the molecule is CC[C@@H](C)N(Cc1ccc(OC)cc1)C[C@H](O)COC(C)C. The Balaban J connectivity index is 2.63. The van der Waals surface area contributed by atoms with Crippen molar-refractivity contribution in [2.24, 2.45) is 0 Å². The lowest BCUT2D eigenvalue weighted by Gasteiger charge is -2.30. The molecule has 1 aromatic carbocycles. The van der Waals surface area contributed by atoms with Crippen LogP contribution >= 0.6 is 0 Å². The first-order chi connectivity index (χ1) is 10.5. The highest BCUT2D eigenvalue weighted by atomic mass is 16.5. The molecule has 22 heavy (non-hydrogen) atoms. The van der Waals surface area contributed by atoms with Crippen molar-refractivity contribution in [2.75, 3.05) is 20.3 Å². The van der Waals surface area contributed by atoms with E-state index in [-0.39, 0.29) is 6.10 Å². The van der Waals surface area contributed by atoms with Crippen LogP contribution in [0.15, 0.2) is 24.3 Å². The minimum absolute atomic E-state index is 0.147. The average molecular weight is 309 g/mol. The van der Waals surface area contributed by atoms with Crippen LogP contribution in [0.3, 0.4) is 0 Å². The lowest BCUT2D eigenvalue weighted by molar-refractivity contribution is -0.0149. The first-order valence-electron chi connectivity index (χ1n) is 8.12. The van der Waals surface area contributed by atoms with Crippen molar-refractivity contribution in [1.82, 2.24) is 4.90 Å². The molecule has 4 heteroatoms. The predicted octanol–water partition coefficient (Wildman–Crippen LogP) is 3.08. The van der Waals surface area contributed by atoms with Crippen LogP contribution in [0.2, 0.25) is 0 Å². The molecule has 0 saturated heterocycles. The van der Waals surface area contributed by atoms with E-state index in [1.165, 1.54) is 5.56 Å². The fourth-order valence-electron chi connectivity index (χ4n) is 2.25. The maximum Gasteiger partial charge on any atom is 0.118 e. The number of benzene rings is 1. The van der Waals surface area contributed by atoms with Gasteiger partial charge in [-0.3, -0.25) is 4.90 Å². The lowest BCUT2D eigenvalue weighted by Crippen LogP contribution is -2.40. The van der Waals surface area contributed by atoms with Crippen molar-refractivity contribution in [3.63, 3.8) is 0 Å². The molecular weight excluding hydrogens is 278 g/mol. The summed E-state index contributed by atoms with van der Waals surface area (Å²) in [5, 5.41) is 10.2. The van der Waals surface area contributed by atoms with Gasteiger partial charge in [0.1, 0.15) is 5.75 Å². The second-order valence-corrected chi connectivity index (χ2v) is 6.07. The summed E-state index contributed by atoms with van der Waals surface area (Å²) in [6, 6.07) is 8.51. The standard InChI is InChI=1S/C18H31NO3/c1-6-15(4)19(12-17(20)13-22-14(2)3)11-16-7-9-18(21-5)10-8-16/h7-10,14-15,17,20H,6,11-13H2,1-5H3/t15-,17+/m1/s1. The second-order valence-electron chi connectivity index (χ2n) is 6.07. The van der Waals surface area contributed by atoms with E-state index in [1.54, 1.807) is 7.11 Å². The molecule has 4 nitrogen and oxygen atoms in total. The Hall–Kier alpha value is -1.10. The van der Waals surface area contributed by atoms with E-state index in [4.69, 9.17) is 9.47 Å². The zero-order valence-electron chi connectivity index (χ0n) is 14.6. The van der Waals surface area contributed by atoms with Gasteiger partial charge in [0.15, 0.2) is 0 Å². The number of aliphatic hydroxyl groups is 1. The molecule has 1 N–H and O–H groups in total. The minimum Gasteiger partial charge on any atom is -0.497 e. The van der Waals surface area contributed by atoms with Crippen LogP contribution in [0.1, 0.15) is 39.7 Å². The van der Waals surface area contributed by atoms with Gasteiger partial charge in [-0.05, 0) is 44.9 Å². The number of nitrogens with zero attached hydrogens (tertiary/aromatic N) is 1. The van der Waals surface area contributed by atoms with E-state index in [0.29, 0.717) is 19.2 Å². The van der Waals surface area contributed by atoms with Crippen LogP contribution in [0.5, 0.6) is 5.75 Å². The van der Waals surface area contributed by atoms with Crippen LogP contribution in [-0.2, 0) is 11.3 Å². The minimum atomic E-state index is -0.463. The molecule has 0 aliphatic heterocycles. The predicted molar refractivity (Wildman–Crippen MR) is 90.3 cm³/mol. The number of aliphatic hydroxyl groups excluding tert-OH is 1. The van der Waals surface area contributed by atoms with E-state index >= 15 is 0 Å². The normalized spacial score (nSPS) is 14.4. The van der Waals surface area contributed by atoms with Gasteiger partial charge < -0.3 is 14.6 Å². The van der Waals surface area contributed by atoms with Crippen molar-refractivity contribution < 1.29 is 14.6 Å². The molecule has 126 valence electrons. The summed E-state index contributed by atoms with van der Waals surface area (Å²) in [5.74, 6) is 0.865. The Morgan fingerprint density at radius 1 is 1.14 bits per heavy atom. The molecule has 0 heterocycles. The van der Waals surface area contributed by atoms with Crippen LogP contribution in [0.25, 0.3) is 0 Å². The summed E-state index contributed by atoms with van der Waals surface area (Å²) in [6.45, 7) is 10.1. The summed E-state index contributed by atoms with van der Waals surface area (Å²) in [5.41, 5.74) is 1.22. The fourth-order valence-corrected chi connectivity index (χ4v) is 2.25. The van der Waals surface area contributed by atoms with Crippen molar-refractivity contribution in [3.8, 4) is 5.75 Å². The molecule has 0 aromatic heterocycles. The third-order valence-electron chi connectivity index (χ3n) is 3.83. The average Bonchev–Trinajstić information content (AvgIpc) is 2.52. The molecule has 0 radical (unpaired) electrons. The molecule has 0 amide bonds. The largest absolute Gasteiger partial charge is 0.497 e. The van der Waals surface area contributed by atoms with Gasteiger partial charge in [0.2, 0.25) is 0 Å². The van der Waals surface area contributed by atoms with E-state index in [2.05, 4.69) is 30.9 Å². The number of hydrogen-bond acceptors (Lipinski definition) is 4. The summed E-state index contributed by atoms with van der Waals surface area (Å²) < 4.78 is 10.7. The fraction of sp³-hybridized carbons (Fsp3) is 0.667. The van der Waals surface area contributed by atoms with Gasteiger partial charge >= 0.3 is 0 Å². The van der Waals surface area contributed by atoms with Crippen molar-refractivity contribution in [2.45, 2.75) is 58.9 Å². The van der Waals surface area contributed by atoms with Gasteiger partial charge in [-0.15, -0.1) is 0 Å². The number of rotatable bonds is 10. The van der Waals surface area contributed by atoms with Crippen LogP contribution < -0.4 is 4.74 Å². The molecule has 0 saturated carbocycles. The topological polar surface area (TPSA) is 41.9 Å². The third-order valence-corrected chi connectivity index (χ3v) is 3.83. The Kier molecular flexibility index (Phi) is 8.46. The number of methoxy groups -OCH3 is 1. The quantitative estimate of drug-likeness (QED) is 0.721. The van der Waals surface area contributed by atoms with Gasteiger partial charge in [-0.1, -0.05) is 19.1 Å². The van der Waals surface area contributed by atoms with Gasteiger partial charge in [-0.2, -0.15) is 0 Å². The maximum absolute atomic E-state index is 10.2. The van der Waals surface area contributed by atoms with Crippen molar-refractivity contribution >= 4 is 0 Å². The van der Waals surface area contributed by atoms with E-state index in [0.717, 1.165) is 18.7 Å². The van der Waals surface area contributed by atoms with Gasteiger partial charge in [-0.25, -0.2) is 0 Å². The summed E-state index contributed by atoms with van der Waals surface area (Å²) in [6.07, 6.45) is 0.733. The summed E-state index contributed by atoms with van der Waals surface area (Å²) >= 11 is 0. The molecule has 0 unspecified atom stereocenters. The molecule has 1 aromatic rings. The second kappa shape index (κ2) is 9.82. The molecule has 0 spiro atoms. The molecule has 0 bridgehead atoms. The van der Waals surface area contributed by atoms with E-state index in [9.17, 15) is 5.11 Å². The van der Waals surface area contributed by atoms with Gasteiger partial charge in [0.25, 0.3) is 0 Å². The molecule has 1 rings (SSSR count). The molecule has 0 aliphatic carbocycles. The van der Waals surface area contributed by atoms with Crippen LogP contribution in [0.4, 0.5) is 0 Å². The molecule has 0 fully saturated rings. The first-order valence-corrected chi connectivity index (χ1v) is 8.12. The Bertz CT molecular complexity index is 405. The van der Waals surface area contributed by atoms with E-state index < -0.39 is 6.10 Å². The highest BCUT2D eigenvalue weighted by molar-refractivity contribution is 5.27. The Morgan fingerprint density at radius 3 is 2.27 bits per heavy atom. The summed E-state index contributed by atoms with van der Waals surface area (Å²) in [7, 11) is 1.67. The zero-order chi connectivity index (χ0) is 16.5. The number of hydrogen-bond donors (Lipinski definition) is 1. The first kappa shape index (κ1) is 18.9. The lowest BCUT2D eigenvalue weighted by atomic mass is 10.1. The number of ether oxygens (including phenoxy) is 2. The van der Waals surface area contributed by atoms with Crippen molar-refractivity contribution in [1.29, 1.82) is 0 Å². The maximum atomic E-state index is 10.2. The highest BCUT2D eigenvalue weighted by Crippen LogP contribution is 2.15. The molecule has 2 atom stereocenters. The Morgan fingerprint density at radius 2 is 1.77 bits per heavy atom. The monoisotopic (exact) mass is 309 g/mol. The Labute approximate surface area is 135 Å². The van der Waals surface area contributed by atoms with Crippen molar-refractivity contribution in [3.05, 3.63) is 29.8 Å². The highest BCUT2D eigenvalue weighted by Gasteiger charge is 2.17. The van der Waals surface area contributed by atoms with Gasteiger partial charge in [0, 0.05) is 19.1 Å². The molecular formula is C18H31NO3. The van der Waals surface area contributed by atoms with Crippen LogP contribution in [0, 0.1) is 0 Å². The van der Waals surface area contributed by atoms with Gasteiger partial charge in [0.05, 0.1) is 25.9 Å². The van der Waals surface area contributed by atoms with E-state index in [1.807, 2.05) is 26.0 Å².